The molecule has 1 aromatic carbocycles. The van der Waals surface area contributed by atoms with Gasteiger partial charge in [0.2, 0.25) is 6.29 Å². The van der Waals surface area contributed by atoms with E-state index in [2.05, 4.69) is 5.32 Å². The summed E-state index contributed by atoms with van der Waals surface area (Å²) in [4.78, 5) is 59.0. The average molecular weight is 617 g/mol. The van der Waals surface area contributed by atoms with Crippen LogP contribution in [0.5, 0.6) is 0 Å². The predicted molar refractivity (Wildman–Crippen MR) is 131 cm³/mol. The maximum absolute atomic E-state index is 12.0. The number of nitrogens with one attached hydrogen (secondary N) is 1. The highest BCUT2D eigenvalue weighted by Gasteiger charge is 2.51. The number of anilines is 1. The number of carbonyl (C=O) groups excluding carboxylic acids is 4. The fourth-order valence-electron chi connectivity index (χ4n) is 3.73. The third kappa shape index (κ3) is 6.94. The molecule has 1 aromatic heterocycles. The molecule has 0 bridgehead atoms. The van der Waals surface area contributed by atoms with Gasteiger partial charge in [-0.3, -0.25) is 19.2 Å². The molecule has 1 N–H and O–H groups in total. The van der Waals surface area contributed by atoms with Crippen LogP contribution < -0.4 is 10.9 Å². The first-order valence-electron chi connectivity index (χ1n) is 10.7. The monoisotopic (exact) mass is 617 g/mol. The van der Waals surface area contributed by atoms with Crippen molar-refractivity contribution in [2.24, 2.45) is 0 Å². The van der Waals surface area contributed by atoms with E-state index in [0.717, 1.165) is 20.8 Å². The van der Waals surface area contributed by atoms with Crippen LogP contribution in [0.3, 0.4) is 0 Å². The van der Waals surface area contributed by atoms with Crippen molar-refractivity contribution in [1.29, 1.82) is 0 Å². The summed E-state index contributed by atoms with van der Waals surface area (Å²) in [5.74, 6) is -2.75. The molecule has 1 aliphatic heterocycles. The molecule has 0 radical (unpaired) electrons. The Morgan fingerprint density at radius 1 is 0.917 bits per heavy atom. The number of fused-ring (bicyclic) bond motifs is 1. The summed E-state index contributed by atoms with van der Waals surface area (Å²) in [7, 11) is 0. The zero-order valence-corrected chi connectivity index (χ0v) is 21.9. The quantitative estimate of drug-likeness (QED) is 0.209. The van der Waals surface area contributed by atoms with Crippen LogP contribution in [0.4, 0.5) is 5.69 Å². The van der Waals surface area contributed by atoms with Crippen LogP contribution in [0.15, 0.2) is 33.5 Å². The summed E-state index contributed by atoms with van der Waals surface area (Å²) in [6.07, 6.45) is -4.93. The van der Waals surface area contributed by atoms with Crippen molar-refractivity contribution in [3.05, 3.63) is 38.3 Å². The maximum Gasteiger partial charge on any atom is 0.337 e. The molecular weight excluding hydrogens is 593 g/mol. The van der Waals surface area contributed by atoms with Gasteiger partial charge in [-0.2, -0.15) is 0 Å². The van der Waals surface area contributed by atoms with Gasteiger partial charge >= 0.3 is 29.5 Å². The molecular formula is C23H24INO11. The highest BCUT2D eigenvalue weighted by Crippen LogP contribution is 2.31. The SMILES string of the molecule is CC(=O)OCC1OC(OC(C)=O)C(Nc2ccc3c(I)cc(=O)oc3c2)C(OC(C)=O)[C@@H]1OC(C)=O. The van der Waals surface area contributed by atoms with Gasteiger partial charge in [0.15, 0.2) is 12.2 Å². The molecule has 0 amide bonds. The van der Waals surface area contributed by atoms with E-state index >= 15 is 0 Å². The second-order valence-electron chi connectivity index (χ2n) is 7.90. The number of carbonyl (C=O) groups is 4. The van der Waals surface area contributed by atoms with Crippen molar-refractivity contribution < 1.29 is 47.3 Å². The molecule has 2 aromatic rings. The Morgan fingerprint density at radius 2 is 1.56 bits per heavy atom. The molecule has 36 heavy (non-hydrogen) atoms. The van der Waals surface area contributed by atoms with Crippen LogP contribution in [0.2, 0.25) is 0 Å². The van der Waals surface area contributed by atoms with Gasteiger partial charge in [0.25, 0.3) is 0 Å². The van der Waals surface area contributed by atoms with Crippen molar-refractivity contribution in [1.82, 2.24) is 0 Å². The van der Waals surface area contributed by atoms with E-state index < -0.39 is 60.1 Å². The molecule has 0 aliphatic carbocycles. The molecule has 1 aliphatic rings. The minimum Gasteiger partial charge on any atom is -0.463 e. The lowest BCUT2D eigenvalue weighted by atomic mass is 9.95. The first-order valence-corrected chi connectivity index (χ1v) is 11.8. The van der Waals surface area contributed by atoms with Crippen LogP contribution in [0.25, 0.3) is 11.0 Å². The summed E-state index contributed by atoms with van der Waals surface area (Å²) in [5.41, 5.74) is 0.144. The van der Waals surface area contributed by atoms with Crippen LogP contribution in [-0.4, -0.2) is 61.1 Å². The Bertz CT molecular complexity index is 1230. The van der Waals surface area contributed by atoms with Crippen LogP contribution in [-0.2, 0) is 42.9 Å². The highest BCUT2D eigenvalue weighted by molar-refractivity contribution is 14.1. The van der Waals surface area contributed by atoms with Gasteiger partial charge in [-0.15, -0.1) is 0 Å². The third-order valence-electron chi connectivity index (χ3n) is 5.01. The smallest absolute Gasteiger partial charge is 0.337 e. The van der Waals surface area contributed by atoms with Gasteiger partial charge in [-0.1, -0.05) is 0 Å². The highest BCUT2D eigenvalue weighted by atomic mass is 127. The molecule has 194 valence electrons. The number of ether oxygens (including phenoxy) is 5. The summed E-state index contributed by atoms with van der Waals surface area (Å²) in [6, 6.07) is 5.20. The fraction of sp³-hybridized carbons (Fsp3) is 0.435. The van der Waals surface area contributed by atoms with E-state index in [1.54, 1.807) is 18.2 Å². The number of hydrogen-bond acceptors (Lipinski definition) is 12. The van der Waals surface area contributed by atoms with E-state index in [1.165, 1.54) is 13.0 Å². The lowest BCUT2D eigenvalue weighted by Gasteiger charge is -2.44. The van der Waals surface area contributed by atoms with E-state index in [-0.39, 0.29) is 12.2 Å². The fourth-order valence-corrected chi connectivity index (χ4v) is 4.43. The molecule has 12 nitrogen and oxygen atoms in total. The number of esters is 4. The summed E-state index contributed by atoms with van der Waals surface area (Å²) in [5, 5.41) is 3.76. The lowest BCUT2D eigenvalue weighted by molar-refractivity contribution is -0.264. The van der Waals surface area contributed by atoms with Gasteiger partial charge in [0, 0.05) is 54.5 Å². The second kappa shape index (κ2) is 11.7. The number of rotatable bonds is 7. The third-order valence-corrected chi connectivity index (χ3v) is 5.90. The Hall–Kier alpha value is -3.20. The van der Waals surface area contributed by atoms with Crippen LogP contribution in [0, 0.1) is 3.57 Å². The molecule has 0 saturated carbocycles. The number of hydrogen-bond donors (Lipinski definition) is 1. The summed E-state index contributed by atoms with van der Waals surface area (Å²) < 4.78 is 33.1. The Balaban J connectivity index is 2.04. The largest absolute Gasteiger partial charge is 0.463 e. The first kappa shape index (κ1) is 27.4. The Kier molecular flexibility index (Phi) is 8.89. The molecule has 0 spiro atoms. The molecule has 1 saturated heterocycles. The molecule has 3 rings (SSSR count). The first-order chi connectivity index (χ1) is 16.9. The van der Waals surface area contributed by atoms with Crippen molar-refractivity contribution in [2.75, 3.05) is 11.9 Å². The van der Waals surface area contributed by atoms with Crippen LogP contribution in [0.1, 0.15) is 27.7 Å². The minimum atomic E-state index is -1.35. The average Bonchev–Trinajstić information content (AvgIpc) is 2.75. The van der Waals surface area contributed by atoms with Crippen molar-refractivity contribution in [3.8, 4) is 0 Å². The summed E-state index contributed by atoms with van der Waals surface area (Å²) in [6.45, 7) is 4.29. The molecule has 5 atom stereocenters. The molecule has 4 unspecified atom stereocenters. The standard InChI is InChI=1S/C23H24INO11/c1-10(26)31-9-18-21(32-11(2)27)22(33-12(3)28)20(23(36-18)34-13(4)29)25-14-5-6-15-16(24)8-19(30)35-17(15)7-14/h5-8,18,20-23,25H,9H2,1-4H3/t18?,20?,21-,22?,23?/m1/s1. The summed E-state index contributed by atoms with van der Waals surface area (Å²) >= 11 is 2.01. The van der Waals surface area contributed by atoms with Crippen LogP contribution >= 0.6 is 22.6 Å². The topological polar surface area (TPSA) is 157 Å². The Labute approximate surface area is 218 Å². The molecule has 1 fully saturated rings. The van der Waals surface area contributed by atoms with Gasteiger partial charge in [0.1, 0.15) is 24.3 Å². The van der Waals surface area contributed by atoms with Gasteiger partial charge in [0.05, 0.1) is 0 Å². The van der Waals surface area contributed by atoms with Crippen molar-refractivity contribution >= 4 is 63.1 Å². The van der Waals surface area contributed by atoms with E-state index in [9.17, 15) is 24.0 Å². The van der Waals surface area contributed by atoms with Crippen molar-refractivity contribution in [2.45, 2.75) is 58.3 Å². The zero-order valence-electron chi connectivity index (χ0n) is 19.8. The van der Waals surface area contributed by atoms with Crippen molar-refractivity contribution in [3.63, 3.8) is 0 Å². The van der Waals surface area contributed by atoms with E-state index in [1.807, 2.05) is 22.6 Å². The second-order valence-corrected chi connectivity index (χ2v) is 9.06. The van der Waals surface area contributed by atoms with Gasteiger partial charge in [-0.25, -0.2) is 4.79 Å². The predicted octanol–water partition coefficient (Wildman–Crippen LogP) is 1.89. The normalized spacial score (nSPS) is 23.4. The maximum atomic E-state index is 12.0. The van der Waals surface area contributed by atoms with E-state index in [4.69, 9.17) is 28.1 Å². The molecule has 13 heteroatoms. The number of benzene rings is 1. The zero-order chi connectivity index (χ0) is 26.6. The lowest BCUT2D eigenvalue weighted by Crippen LogP contribution is -2.64. The number of halogens is 1. The Morgan fingerprint density at radius 3 is 2.17 bits per heavy atom. The minimum absolute atomic E-state index is 0.283. The molecule has 2 heterocycles. The van der Waals surface area contributed by atoms with Gasteiger partial charge < -0.3 is 33.4 Å². The van der Waals surface area contributed by atoms with Gasteiger partial charge in [-0.05, 0) is 34.7 Å². The van der Waals surface area contributed by atoms with E-state index in [0.29, 0.717) is 14.6 Å².